The fourth-order valence-corrected chi connectivity index (χ4v) is 3.45. The van der Waals surface area contributed by atoms with E-state index in [0.29, 0.717) is 16.6 Å². The van der Waals surface area contributed by atoms with Crippen molar-refractivity contribution in [3.63, 3.8) is 0 Å². The van der Waals surface area contributed by atoms with Gasteiger partial charge in [-0.3, -0.25) is 5.32 Å². The fraction of sp³-hybridized carbons (Fsp3) is 0.438. The van der Waals surface area contributed by atoms with Gasteiger partial charge in [-0.2, -0.15) is 0 Å². The van der Waals surface area contributed by atoms with Crippen LogP contribution in [0.4, 0.5) is 20.7 Å². The number of benzene rings is 1. The second-order valence-electron chi connectivity index (χ2n) is 5.57. The topological polar surface area (TPSA) is 79.4 Å². The third-order valence-corrected chi connectivity index (χ3v) is 4.77. The molecule has 128 valence electrons. The molecule has 0 bridgehead atoms. The molecule has 1 fully saturated rings. The molecule has 3 rings (SSSR count). The largest absolute Gasteiger partial charge is 0.495 e. The highest BCUT2D eigenvalue weighted by Crippen LogP contribution is 2.27. The summed E-state index contributed by atoms with van der Waals surface area (Å²) in [5.41, 5.74) is 0.606. The Morgan fingerprint density at radius 3 is 2.62 bits per heavy atom. The van der Waals surface area contributed by atoms with Crippen LogP contribution in [0.3, 0.4) is 0 Å². The summed E-state index contributed by atoms with van der Waals surface area (Å²) in [6.45, 7) is 2.00. The maximum atomic E-state index is 12.1. The number of hydrogen-bond donors (Lipinski definition) is 2. The van der Waals surface area contributed by atoms with Crippen LogP contribution in [0.2, 0.25) is 0 Å². The van der Waals surface area contributed by atoms with Crippen molar-refractivity contribution in [3.05, 3.63) is 24.3 Å². The van der Waals surface area contributed by atoms with Crippen LogP contribution < -0.4 is 20.3 Å². The molecular weight excluding hydrogens is 326 g/mol. The van der Waals surface area contributed by atoms with E-state index >= 15 is 0 Å². The third-order valence-electron chi connectivity index (χ3n) is 3.87. The zero-order chi connectivity index (χ0) is 16.8. The minimum atomic E-state index is -0.363. The van der Waals surface area contributed by atoms with Gasteiger partial charge in [0.1, 0.15) is 5.75 Å². The van der Waals surface area contributed by atoms with Gasteiger partial charge in [0.2, 0.25) is 10.3 Å². The molecule has 7 nitrogen and oxygen atoms in total. The molecule has 0 aliphatic carbocycles. The Labute approximate surface area is 145 Å². The Balaban J connectivity index is 1.60. The van der Waals surface area contributed by atoms with Crippen molar-refractivity contribution in [3.8, 4) is 5.75 Å². The molecule has 1 aliphatic rings. The second-order valence-corrected chi connectivity index (χ2v) is 6.53. The lowest BCUT2D eigenvalue weighted by Crippen LogP contribution is -2.23. The number of carbonyl (C=O) groups is 1. The van der Waals surface area contributed by atoms with Crippen LogP contribution in [0, 0.1) is 0 Å². The van der Waals surface area contributed by atoms with Crippen LogP contribution in [-0.4, -0.2) is 36.4 Å². The van der Waals surface area contributed by atoms with Gasteiger partial charge in [-0.05, 0) is 25.0 Å². The van der Waals surface area contributed by atoms with Gasteiger partial charge < -0.3 is 15.0 Å². The number of methoxy groups -OCH3 is 1. The number of nitrogens with zero attached hydrogens (tertiary/aromatic N) is 3. The van der Waals surface area contributed by atoms with Gasteiger partial charge >= 0.3 is 6.03 Å². The summed E-state index contributed by atoms with van der Waals surface area (Å²) in [7, 11) is 1.57. The predicted octanol–water partition coefficient (Wildman–Crippen LogP) is 3.57. The average molecular weight is 347 g/mol. The monoisotopic (exact) mass is 347 g/mol. The molecule has 0 saturated carbocycles. The van der Waals surface area contributed by atoms with E-state index in [9.17, 15) is 4.79 Å². The number of para-hydroxylation sites is 2. The molecule has 0 unspecified atom stereocenters. The molecule has 2 N–H and O–H groups in total. The molecule has 0 spiro atoms. The minimum Gasteiger partial charge on any atom is -0.495 e. The maximum absolute atomic E-state index is 12.1. The van der Waals surface area contributed by atoms with Gasteiger partial charge in [-0.15, -0.1) is 10.2 Å². The highest BCUT2D eigenvalue weighted by atomic mass is 32.1. The Morgan fingerprint density at radius 2 is 1.88 bits per heavy atom. The predicted molar refractivity (Wildman–Crippen MR) is 96.2 cm³/mol. The van der Waals surface area contributed by atoms with Crippen molar-refractivity contribution in [1.29, 1.82) is 0 Å². The first-order valence-corrected chi connectivity index (χ1v) is 8.87. The first-order valence-electron chi connectivity index (χ1n) is 8.06. The molecule has 8 heteroatoms. The molecule has 1 aromatic carbocycles. The molecular formula is C16H21N5O2S. The van der Waals surface area contributed by atoms with Crippen molar-refractivity contribution in [2.75, 3.05) is 35.7 Å². The van der Waals surface area contributed by atoms with Gasteiger partial charge in [-0.25, -0.2) is 4.79 Å². The molecule has 2 heterocycles. The van der Waals surface area contributed by atoms with Crippen LogP contribution in [0.15, 0.2) is 24.3 Å². The smallest absolute Gasteiger partial charge is 0.325 e. The van der Waals surface area contributed by atoms with Gasteiger partial charge in [-0.1, -0.05) is 36.3 Å². The summed E-state index contributed by atoms with van der Waals surface area (Å²) >= 11 is 1.40. The van der Waals surface area contributed by atoms with Gasteiger partial charge in [0.05, 0.1) is 12.8 Å². The van der Waals surface area contributed by atoms with Crippen molar-refractivity contribution in [2.45, 2.75) is 25.7 Å². The summed E-state index contributed by atoms with van der Waals surface area (Å²) < 4.78 is 5.22. The van der Waals surface area contributed by atoms with Gasteiger partial charge in [0, 0.05) is 13.1 Å². The highest BCUT2D eigenvalue weighted by molar-refractivity contribution is 7.19. The lowest BCUT2D eigenvalue weighted by atomic mass is 10.2. The third kappa shape index (κ3) is 4.14. The number of carbonyl (C=O) groups excluding carboxylic acids is 1. The number of amides is 2. The highest BCUT2D eigenvalue weighted by Gasteiger charge is 2.16. The summed E-state index contributed by atoms with van der Waals surface area (Å²) in [6, 6.07) is 6.89. The molecule has 1 aliphatic heterocycles. The van der Waals surface area contributed by atoms with E-state index in [-0.39, 0.29) is 6.03 Å². The van der Waals surface area contributed by atoms with E-state index in [1.807, 2.05) is 12.1 Å². The Bertz CT molecular complexity index is 683. The average Bonchev–Trinajstić information content (AvgIpc) is 2.88. The first-order chi connectivity index (χ1) is 11.8. The summed E-state index contributed by atoms with van der Waals surface area (Å²) in [5.74, 6) is 0.607. The number of aromatic nitrogens is 2. The normalized spacial score (nSPS) is 14.8. The first kappa shape index (κ1) is 16.5. The molecule has 1 saturated heterocycles. The lowest BCUT2D eigenvalue weighted by molar-refractivity contribution is 0.262. The minimum absolute atomic E-state index is 0.363. The standard InChI is InChI=1S/C16H21N5O2S/c1-23-13-9-5-4-8-12(13)17-14(22)18-15-19-20-16(24-15)21-10-6-2-3-7-11-21/h4-5,8-9H,2-3,6-7,10-11H2,1H3,(H2,17,18,19,22). The number of hydrogen-bond acceptors (Lipinski definition) is 6. The summed E-state index contributed by atoms with van der Waals surface area (Å²) in [5, 5.41) is 15.1. The Hall–Kier alpha value is -2.35. The van der Waals surface area contributed by atoms with Gasteiger partial charge in [0.15, 0.2) is 0 Å². The van der Waals surface area contributed by atoms with Gasteiger partial charge in [0.25, 0.3) is 0 Å². The molecule has 24 heavy (non-hydrogen) atoms. The molecule has 2 aromatic rings. The number of anilines is 3. The van der Waals surface area contributed by atoms with Crippen LogP contribution in [0.1, 0.15) is 25.7 Å². The van der Waals surface area contributed by atoms with Crippen LogP contribution >= 0.6 is 11.3 Å². The zero-order valence-electron chi connectivity index (χ0n) is 13.6. The van der Waals surface area contributed by atoms with E-state index in [2.05, 4.69) is 25.7 Å². The molecule has 0 radical (unpaired) electrons. The maximum Gasteiger partial charge on any atom is 0.325 e. The lowest BCUT2D eigenvalue weighted by Gasteiger charge is -2.17. The van der Waals surface area contributed by atoms with E-state index in [1.165, 1.54) is 37.0 Å². The summed E-state index contributed by atoms with van der Waals surface area (Å²) in [4.78, 5) is 14.4. The van der Waals surface area contributed by atoms with Crippen molar-refractivity contribution >= 4 is 33.3 Å². The van der Waals surface area contributed by atoms with E-state index in [4.69, 9.17) is 4.74 Å². The van der Waals surface area contributed by atoms with Crippen molar-refractivity contribution in [2.24, 2.45) is 0 Å². The summed E-state index contributed by atoms with van der Waals surface area (Å²) in [6.07, 6.45) is 4.89. The number of ether oxygens (including phenoxy) is 1. The Kier molecular flexibility index (Phi) is 5.47. The van der Waals surface area contributed by atoms with Crippen molar-refractivity contribution < 1.29 is 9.53 Å². The molecule has 1 aromatic heterocycles. The number of nitrogens with one attached hydrogen (secondary N) is 2. The van der Waals surface area contributed by atoms with Crippen LogP contribution in [0.5, 0.6) is 5.75 Å². The fourth-order valence-electron chi connectivity index (χ4n) is 2.65. The van der Waals surface area contributed by atoms with E-state index in [0.717, 1.165) is 18.2 Å². The second kappa shape index (κ2) is 7.96. The Morgan fingerprint density at radius 1 is 1.12 bits per heavy atom. The molecule has 0 atom stereocenters. The van der Waals surface area contributed by atoms with Crippen molar-refractivity contribution in [1.82, 2.24) is 10.2 Å². The zero-order valence-corrected chi connectivity index (χ0v) is 14.4. The SMILES string of the molecule is COc1ccccc1NC(=O)Nc1nnc(N2CCCCCC2)s1. The molecule has 2 amide bonds. The van der Waals surface area contributed by atoms with Crippen LogP contribution in [0.25, 0.3) is 0 Å². The van der Waals surface area contributed by atoms with E-state index < -0.39 is 0 Å². The number of rotatable bonds is 4. The number of urea groups is 1. The van der Waals surface area contributed by atoms with E-state index in [1.54, 1.807) is 19.2 Å². The quantitative estimate of drug-likeness (QED) is 0.884. The van der Waals surface area contributed by atoms with Crippen LogP contribution in [-0.2, 0) is 0 Å².